The highest BCUT2D eigenvalue weighted by Crippen LogP contribution is 2.41. The molecule has 4 aliphatic rings. The summed E-state index contributed by atoms with van der Waals surface area (Å²) in [4.78, 5) is 16.3. The second kappa shape index (κ2) is 20.4. The molecule has 4 fully saturated rings. The van der Waals surface area contributed by atoms with Crippen LogP contribution in [-0.4, -0.2) is 154 Å². The van der Waals surface area contributed by atoms with E-state index in [9.17, 15) is 30.3 Å². The standard InChI is InChI=1S/C44H82N2O12/c1-14-32-44(10,52)37(48)26(4)34(45-23-30-18-16-15-17-19-30)24(2)21-42(8,51)39(58-41-35(47)31(46(11)12)20-25(3)54-41)27(5)36(28(6)40(50)56-32)57-33-22-43(9,53-13)38(49)29(7)55-33/h24-39,41,45,47-49,51-52H,14-23H2,1-13H3/t24-,25-,26+,27+,28-,29+,31+,32?,33+,34+,35-,36?,37-,38+,39-,41+,42-,43-,44-/m1/s1. The largest absolute Gasteiger partial charge is 0.459 e. The molecule has 19 atom stereocenters. The van der Waals surface area contributed by atoms with E-state index in [2.05, 4.69) is 5.32 Å². The average Bonchev–Trinajstić information content (AvgIpc) is 3.16. The Morgan fingerprint density at radius 3 is 2.10 bits per heavy atom. The van der Waals surface area contributed by atoms with Crippen molar-refractivity contribution < 1.29 is 58.7 Å². The van der Waals surface area contributed by atoms with Crippen LogP contribution in [0.25, 0.3) is 0 Å². The van der Waals surface area contributed by atoms with Crippen molar-refractivity contribution in [1.82, 2.24) is 10.2 Å². The Labute approximate surface area is 349 Å². The lowest BCUT2D eigenvalue weighted by molar-refractivity contribution is -0.318. The Bertz CT molecular complexity index is 1280. The number of rotatable bonds is 10. The fourth-order valence-corrected chi connectivity index (χ4v) is 10.7. The van der Waals surface area contributed by atoms with Crippen molar-refractivity contribution in [1.29, 1.82) is 0 Å². The molecule has 2 unspecified atom stereocenters. The van der Waals surface area contributed by atoms with Gasteiger partial charge in [0.05, 0.1) is 47.6 Å². The van der Waals surface area contributed by atoms with E-state index in [-0.39, 0.29) is 43.4 Å². The van der Waals surface area contributed by atoms with Crippen LogP contribution >= 0.6 is 0 Å². The van der Waals surface area contributed by atoms with Crippen LogP contribution in [0, 0.1) is 29.6 Å². The second-order valence-corrected chi connectivity index (χ2v) is 19.7. The van der Waals surface area contributed by atoms with E-state index < -0.39 is 95.8 Å². The predicted molar refractivity (Wildman–Crippen MR) is 220 cm³/mol. The molecule has 1 saturated carbocycles. The molecular weight excluding hydrogens is 748 g/mol. The van der Waals surface area contributed by atoms with Crippen molar-refractivity contribution in [3.63, 3.8) is 0 Å². The molecule has 58 heavy (non-hydrogen) atoms. The van der Waals surface area contributed by atoms with E-state index in [1.807, 2.05) is 53.6 Å². The summed E-state index contributed by atoms with van der Waals surface area (Å²) < 4.78 is 38.1. The number of carbonyl (C=O) groups is 1. The van der Waals surface area contributed by atoms with E-state index in [4.69, 9.17) is 28.4 Å². The van der Waals surface area contributed by atoms with Crippen LogP contribution in [0.4, 0.5) is 0 Å². The minimum atomic E-state index is -1.82. The van der Waals surface area contributed by atoms with Gasteiger partial charge >= 0.3 is 5.97 Å². The second-order valence-electron chi connectivity index (χ2n) is 19.7. The molecule has 0 spiro atoms. The van der Waals surface area contributed by atoms with Crippen molar-refractivity contribution in [2.45, 2.75) is 217 Å². The number of nitrogens with zero attached hydrogens (tertiary/aromatic N) is 1. The molecule has 0 aromatic heterocycles. The van der Waals surface area contributed by atoms with E-state index in [1.165, 1.54) is 33.3 Å². The lowest BCUT2D eigenvalue weighted by atomic mass is 9.72. The highest BCUT2D eigenvalue weighted by molar-refractivity contribution is 5.73. The van der Waals surface area contributed by atoms with Crippen LogP contribution in [0.2, 0.25) is 0 Å². The van der Waals surface area contributed by atoms with Crippen LogP contribution in [-0.2, 0) is 33.2 Å². The van der Waals surface area contributed by atoms with Gasteiger partial charge in [0.15, 0.2) is 12.6 Å². The number of cyclic esters (lactones) is 1. The molecular formula is C44H82N2O12. The van der Waals surface area contributed by atoms with Gasteiger partial charge in [-0.2, -0.15) is 0 Å². The van der Waals surface area contributed by atoms with Crippen molar-refractivity contribution in [3.05, 3.63) is 0 Å². The third-order valence-corrected chi connectivity index (χ3v) is 14.5. The normalized spacial score (nSPS) is 48.4. The zero-order valence-electron chi connectivity index (χ0n) is 37.9. The maximum Gasteiger partial charge on any atom is 0.311 e. The molecule has 3 aliphatic heterocycles. The first-order valence-electron chi connectivity index (χ1n) is 22.2. The molecule has 0 aromatic rings. The van der Waals surface area contributed by atoms with Gasteiger partial charge in [0.1, 0.15) is 23.9 Å². The molecule has 340 valence electrons. The maximum absolute atomic E-state index is 14.4. The fourth-order valence-electron chi connectivity index (χ4n) is 10.7. The van der Waals surface area contributed by atoms with Gasteiger partial charge in [-0.25, -0.2) is 0 Å². The highest BCUT2D eigenvalue weighted by Gasteiger charge is 2.53. The summed E-state index contributed by atoms with van der Waals surface area (Å²) in [7, 11) is 5.31. The number of aliphatic hydroxyl groups is 5. The number of methoxy groups -OCH3 is 1. The van der Waals surface area contributed by atoms with Crippen molar-refractivity contribution >= 4 is 5.97 Å². The number of carbonyl (C=O) groups excluding carboxylic acids is 1. The smallest absolute Gasteiger partial charge is 0.311 e. The Kier molecular flexibility index (Phi) is 17.5. The van der Waals surface area contributed by atoms with Gasteiger partial charge in [-0.05, 0) is 106 Å². The molecule has 0 radical (unpaired) electrons. The maximum atomic E-state index is 14.4. The van der Waals surface area contributed by atoms with E-state index in [1.54, 1.807) is 27.7 Å². The topological polar surface area (TPSA) is 189 Å². The van der Waals surface area contributed by atoms with Crippen LogP contribution in [0.3, 0.4) is 0 Å². The minimum absolute atomic E-state index is 0.135. The van der Waals surface area contributed by atoms with E-state index in [0.717, 1.165) is 19.4 Å². The lowest BCUT2D eigenvalue weighted by Crippen LogP contribution is -2.62. The summed E-state index contributed by atoms with van der Waals surface area (Å²) in [6, 6.07) is -0.643. The van der Waals surface area contributed by atoms with Crippen LogP contribution in [0.15, 0.2) is 0 Å². The molecule has 1 aliphatic carbocycles. The number of likely N-dealkylation sites (N-methyl/N-ethyl adjacent to an activating group) is 1. The molecule has 0 bridgehead atoms. The third kappa shape index (κ3) is 11.3. The van der Waals surface area contributed by atoms with Gasteiger partial charge in [0.25, 0.3) is 0 Å². The number of esters is 1. The molecule has 6 N–H and O–H groups in total. The van der Waals surface area contributed by atoms with Gasteiger partial charge in [-0.1, -0.05) is 47.0 Å². The average molecular weight is 831 g/mol. The fraction of sp³-hybridized carbons (Fsp3) is 0.977. The third-order valence-electron chi connectivity index (χ3n) is 14.5. The molecule has 14 nitrogen and oxygen atoms in total. The van der Waals surface area contributed by atoms with Crippen molar-refractivity contribution in [2.75, 3.05) is 27.7 Å². The van der Waals surface area contributed by atoms with Gasteiger partial charge < -0.3 is 64.2 Å². The van der Waals surface area contributed by atoms with Gasteiger partial charge in [-0.15, -0.1) is 0 Å². The molecule has 14 heteroatoms. The Morgan fingerprint density at radius 2 is 1.52 bits per heavy atom. The summed E-state index contributed by atoms with van der Waals surface area (Å²) in [6.07, 6.45) is -2.51. The van der Waals surface area contributed by atoms with Crippen LogP contribution in [0.5, 0.6) is 0 Å². The molecule has 4 rings (SSSR count). The number of hydrogen-bond acceptors (Lipinski definition) is 14. The van der Waals surface area contributed by atoms with E-state index in [0.29, 0.717) is 12.3 Å². The number of aliphatic hydroxyl groups excluding tert-OH is 3. The zero-order chi connectivity index (χ0) is 43.5. The minimum Gasteiger partial charge on any atom is -0.459 e. The quantitative estimate of drug-likeness (QED) is 0.175. The number of nitrogens with one attached hydrogen (secondary N) is 1. The first kappa shape index (κ1) is 49.6. The summed E-state index contributed by atoms with van der Waals surface area (Å²) in [6.45, 7) is 18.7. The lowest BCUT2D eigenvalue weighted by Gasteiger charge is -2.50. The summed E-state index contributed by atoms with van der Waals surface area (Å²) in [5, 5.41) is 63.6. The SMILES string of the molecule is CCC1OC(=O)[C@H](C)C(O[C@H]2C[C@@](C)(OC)[C@@H](O)[C@H](C)O2)[C@H](C)[C@@H](O[C@@H]2O[C@H](C)C[C@H](N(C)C)[C@H]2O)[C@](C)(O)C[C@@H](C)[C@H](NCC2CCCCC2)[C@H](C)[C@@H](O)[C@]1(C)O. The van der Waals surface area contributed by atoms with Crippen LogP contribution in [0.1, 0.15) is 127 Å². The highest BCUT2D eigenvalue weighted by atomic mass is 16.7. The Balaban J connectivity index is 1.84. The molecule has 3 saturated heterocycles. The van der Waals surface area contributed by atoms with E-state index >= 15 is 0 Å². The van der Waals surface area contributed by atoms with Gasteiger partial charge in [0, 0.05) is 37.5 Å². The molecule has 3 heterocycles. The summed E-state index contributed by atoms with van der Waals surface area (Å²) >= 11 is 0. The summed E-state index contributed by atoms with van der Waals surface area (Å²) in [5.74, 6) is -2.75. The first-order valence-corrected chi connectivity index (χ1v) is 22.2. The number of ether oxygens (including phenoxy) is 6. The summed E-state index contributed by atoms with van der Waals surface area (Å²) in [5.41, 5.74) is -4.46. The monoisotopic (exact) mass is 831 g/mol. The van der Waals surface area contributed by atoms with Gasteiger partial charge in [-0.3, -0.25) is 4.79 Å². The van der Waals surface area contributed by atoms with Crippen molar-refractivity contribution in [2.24, 2.45) is 29.6 Å². The van der Waals surface area contributed by atoms with Crippen molar-refractivity contribution in [3.8, 4) is 0 Å². The van der Waals surface area contributed by atoms with Crippen LogP contribution < -0.4 is 5.32 Å². The first-order chi connectivity index (χ1) is 27.0. The Morgan fingerprint density at radius 1 is 0.879 bits per heavy atom. The predicted octanol–water partition coefficient (Wildman–Crippen LogP) is 3.76. The zero-order valence-corrected chi connectivity index (χ0v) is 37.9. The molecule has 0 aromatic carbocycles. The molecule has 0 amide bonds. The Hall–Kier alpha value is -1.01. The number of hydrogen-bond donors (Lipinski definition) is 6. The van der Waals surface area contributed by atoms with Gasteiger partial charge in [0.2, 0.25) is 0 Å².